The molecule has 1 heterocycles. The molecular weight excluding hydrogens is 258 g/mol. The van der Waals surface area contributed by atoms with Gasteiger partial charge in [-0.1, -0.05) is 6.42 Å². The smallest absolute Gasteiger partial charge is 0.410 e. The molecule has 20 heavy (non-hydrogen) atoms. The predicted octanol–water partition coefficient (Wildman–Crippen LogP) is 2.59. The topological polar surface area (TPSA) is 55.8 Å². The van der Waals surface area contributed by atoms with Crippen molar-refractivity contribution in [2.24, 2.45) is 11.3 Å². The number of carbonyl (C=O) groups excluding carboxylic acids is 2. The van der Waals surface area contributed by atoms with Crippen LogP contribution in [-0.4, -0.2) is 42.3 Å². The Morgan fingerprint density at radius 1 is 1.30 bits per heavy atom. The Morgan fingerprint density at radius 3 is 2.40 bits per heavy atom. The van der Waals surface area contributed by atoms with Crippen LogP contribution in [0.2, 0.25) is 0 Å². The molecule has 1 saturated carbocycles. The number of nitrogens with zero attached hydrogens (tertiary/aromatic N) is 1. The van der Waals surface area contributed by atoms with Crippen molar-refractivity contribution in [3.63, 3.8) is 0 Å². The molecule has 0 aromatic rings. The Kier molecular flexibility index (Phi) is 3.98. The van der Waals surface area contributed by atoms with E-state index in [4.69, 9.17) is 9.47 Å². The number of ether oxygens (including phenoxy) is 2. The van der Waals surface area contributed by atoms with Crippen molar-refractivity contribution >= 4 is 12.1 Å². The SMILES string of the molecule is CCOC(=O)[C@H]1CN(C(=O)OC(C)(C)C)CC12CCC2. The lowest BCUT2D eigenvalue weighted by atomic mass is 9.63. The average Bonchev–Trinajstić information content (AvgIpc) is 2.67. The van der Waals surface area contributed by atoms with Crippen molar-refractivity contribution < 1.29 is 19.1 Å². The van der Waals surface area contributed by atoms with Crippen molar-refractivity contribution in [2.45, 2.75) is 52.6 Å². The highest BCUT2D eigenvalue weighted by atomic mass is 16.6. The highest BCUT2D eigenvalue weighted by Gasteiger charge is 2.55. The first-order valence-electron chi connectivity index (χ1n) is 7.42. The zero-order valence-electron chi connectivity index (χ0n) is 12.9. The summed E-state index contributed by atoms with van der Waals surface area (Å²) in [6.07, 6.45) is 2.79. The molecule has 2 rings (SSSR count). The lowest BCUT2D eigenvalue weighted by Crippen LogP contribution is -2.42. The van der Waals surface area contributed by atoms with Gasteiger partial charge in [-0.25, -0.2) is 4.79 Å². The molecule has 5 heteroatoms. The first-order valence-corrected chi connectivity index (χ1v) is 7.42. The summed E-state index contributed by atoms with van der Waals surface area (Å²) >= 11 is 0. The minimum Gasteiger partial charge on any atom is -0.466 e. The summed E-state index contributed by atoms with van der Waals surface area (Å²) in [5.41, 5.74) is -0.574. The number of likely N-dealkylation sites (tertiary alicyclic amines) is 1. The number of carbonyl (C=O) groups is 2. The van der Waals surface area contributed by atoms with Crippen molar-refractivity contribution in [1.29, 1.82) is 0 Å². The maximum atomic E-state index is 12.2. The van der Waals surface area contributed by atoms with E-state index in [0.29, 0.717) is 19.7 Å². The zero-order chi connectivity index (χ0) is 15.0. The molecule has 5 nitrogen and oxygen atoms in total. The van der Waals surface area contributed by atoms with Crippen LogP contribution in [-0.2, 0) is 14.3 Å². The average molecular weight is 283 g/mol. The Hall–Kier alpha value is -1.26. The van der Waals surface area contributed by atoms with Gasteiger partial charge in [0.05, 0.1) is 12.5 Å². The van der Waals surface area contributed by atoms with Crippen LogP contribution >= 0.6 is 0 Å². The molecule has 0 N–H and O–H groups in total. The molecule has 2 fully saturated rings. The second-order valence-electron chi connectivity index (χ2n) is 6.88. The molecule has 0 aromatic heterocycles. The molecule has 1 aliphatic carbocycles. The summed E-state index contributed by atoms with van der Waals surface area (Å²) in [5.74, 6) is -0.359. The Bertz CT molecular complexity index is 395. The molecule has 1 amide bonds. The van der Waals surface area contributed by atoms with E-state index in [0.717, 1.165) is 19.3 Å². The molecular formula is C15H25NO4. The van der Waals surface area contributed by atoms with Gasteiger partial charge >= 0.3 is 12.1 Å². The molecule has 0 bridgehead atoms. The predicted molar refractivity (Wildman–Crippen MR) is 74.2 cm³/mol. The van der Waals surface area contributed by atoms with Crippen LogP contribution in [0.4, 0.5) is 4.79 Å². The molecule has 0 aromatic carbocycles. The molecule has 1 spiro atoms. The third kappa shape index (κ3) is 2.91. The van der Waals surface area contributed by atoms with Crippen LogP contribution in [0.15, 0.2) is 0 Å². The normalized spacial score (nSPS) is 24.4. The van der Waals surface area contributed by atoms with E-state index in [9.17, 15) is 9.59 Å². The van der Waals surface area contributed by atoms with E-state index >= 15 is 0 Å². The van der Waals surface area contributed by atoms with Gasteiger partial charge in [-0.3, -0.25) is 4.79 Å². The molecule has 0 radical (unpaired) electrons. The van der Waals surface area contributed by atoms with Gasteiger partial charge in [-0.05, 0) is 40.5 Å². The Labute approximate surface area is 120 Å². The third-order valence-electron chi connectivity index (χ3n) is 4.22. The molecule has 0 unspecified atom stereocenters. The summed E-state index contributed by atoms with van der Waals surface area (Å²) in [4.78, 5) is 25.9. The zero-order valence-corrected chi connectivity index (χ0v) is 12.9. The molecule has 1 atom stereocenters. The number of esters is 1. The Morgan fingerprint density at radius 2 is 1.95 bits per heavy atom. The maximum Gasteiger partial charge on any atom is 0.410 e. The van der Waals surface area contributed by atoms with E-state index in [1.807, 2.05) is 27.7 Å². The van der Waals surface area contributed by atoms with Crippen molar-refractivity contribution in [3.05, 3.63) is 0 Å². The molecule has 114 valence electrons. The fourth-order valence-electron chi connectivity index (χ4n) is 3.14. The van der Waals surface area contributed by atoms with Gasteiger partial charge in [0.25, 0.3) is 0 Å². The number of hydrogen-bond donors (Lipinski definition) is 0. The van der Waals surface area contributed by atoms with Crippen LogP contribution < -0.4 is 0 Å². The summed E-state index contributed by atoms with van der Waals surface area (Å²) in [6, 6.07) is 0. The van der Waals surface area contributed by atoms with E-state index < -0.39 is 5.60 Å². The van der Waals surface area contributed by atoms with Crippen LogP contribution in [0.25, 0.3) is 0 Å². The van der Waals surface area contributed by atoms with Gasteiger partial charge in [0, 0.05) is 18.5 Å². The lowest BCUT2D eigenvalue weighted by Gasteiger charge is -2.41. The van der Waals surface area contributed by atoms with Gasteiger partial charge in [-0.15, -0.1) is 0 Å². The van der Waals surface area contributed by atoms with Gasteiger partial charge in [0.2, 0.25) is 0 Å². The minimum atomic E-state index is -0.508. The summed E-state index contributed by atoms with van der Waals surface area (Å²) in [5, 5.41) is 0. The summed E-state index contributed by atoms with van der Waals surface area (Å²) < 4.78 is 10.6. The third-order valence-corrected chi connectivity index (χ3v) is 4.22. The van der Waals surface area contributed by atoms with E-state index in [1.54, 1.807) is 4.90 Å². The number of amides is 1. The van der Waals surface area contributed by atoms with Crippen LogP contribution in [0.3, 0.4) is 0 Å². The fourth-order valence-corrected chi connectivity index (χ4v) is 3.14. The number of rotatable bonds is 2. The molecule has 2 aliphatic rings. The van der Waals surface area contributed by atoms with Crippen LogP contribution in [0.5, 0.6) is 0 Å². The highest BCUT2D eigenvalue weighted by Crippen LogP contribution is 2.52. The monoisotopic (exact) mass is 283 g/mol. The first kappa shape index (κ1) is 15.1. The van der Waals surface area contributed by atoms with Crippen LogP contribution in [0.1, 0.15) is 47.0 Å². The van der Waals surface area contributed by atoms with Crippen molar-refractivity contribution in [3.8, 4) is 0 Å². The first-order chi connectivity index (χ1) is 9.27. The molecule has 1 saturated heterocycles. The summed E-state index contributed by atoms with van der Waals surface area (Å²) in [7, 11) is 0. The second-order valence-corrected chi connectivity index (χ2v) is 6.88. The van der Waals surface area contributed by atoms with Crippen LogP contribution in [0, 0.1) is 11.3 Å². The second kappa shape index (κ2) is 5.26. The van der Waals surface area contributed by atoms with Gasteiger partial charge < -0.3 is 14.4 Å². The van der Waals surface area contributed by atoms with Gasteiger partial charge in [0.1, 0.15) is 5.60 Å². The van der Waals surface area contributed by atoms with Crippen molar-refractivity contribution in [2.75, 3.05) is 19.7 Å². The number of hydrogen-bond acceptors (Lipinski definition) is 4. The fraction of sp³-hybridized carbons (Fsp3) is 0.867. The van der Waals surface area contributed by atoms with Gasteiger partial charge in [-0.2, -0.15) is 0 Å². The summed E-state index contributed by atoms with van der Waals surface area (Å²) in [6.45, 7) is 8.79. The van der Waals surface area contributed by atoms with Gasteiger partial charge in [0.15, 0.2) is 0 Å². The lowest BCUT2D eigenvalue weighted by molar-refractivity contribution is -0.153. The quantitative estimate of drug-likeness (QED) is 0.731. The van der Waals surface area contributed by atoms with E-state index in [2.05, 4.69) is 0 Å². The van der Waals surface area contributed by atoms with E-state index in [1.165, 1.54) is 0 Å². The molecule has 1 aliphatic heterocycles. The minimum absolute atomic E-state index is 0.0663. The van der Waals surface area contributed by atoms with Crippen molar-refractivity contribution in [1.82, 2.24) is 4.90 Å². The standard InChI is InChI=1S/C15H25NO4/c1-5-19-12(17)11-9-16(10-15(11)7-6-8-15)13(18)20-14(2,3)4/h11H,5-10H2,1-4H3/t11-/m1/s1. The largest absolute Gasteiger partial charge is 0.466 e. The maximum absolute atomic E-state index is 12.2. The Balaban J connectivity index is 2.05. The van der Waals surface area contributed by atoms with E-state index in [-0.39, 0.29) is 23.4 Å². The highest BCUT2D eigenvalue weighted by molar-refractivity contribution is 5.77.